The largest absolute Gasteiger partial charge is 0.462 e. The van der Waals surface area contributed by atoms with Crippen LogP contribution in [0.15, 0.2) is 11.6 Å². The van der Waals surface area contributed by atoms with Crippen molar-refractivity contribution in [3.05, 3.63) is 11.6 Å². The summed E-state index contributed by atoms with van der Waals surface area (Å²) in [6, 6.07) is 0. The summed E-state index contributed by atoms with van der Waals surface area (Å²) in [5.41, 5.74) is -4.54. The third kappa shape index (κ3) is 2.46. The molecule has 168 valence electrons. The van der Waals surface area contributed by atoms with Crippen molar-refractivity contribution in [2.24, 2.45) is 22.7 Å². The van der Waals surface area contributed by atoms with Crippen LogP contribution >= 0.6 is 0 Å². The van der Waals surface area contributed by atoms with Gasteiger partial charge in [-0.2, -0.15) is 0 Å². The molecule has 3 fully saturated rings. The number of hydrogen-bond donors (Lipinski definition) is 4. The molecule has 4 rings (SSSR count). The Morgan fingerprint density at radius 3 is 2.53 bits per heavy atom. The molecule has 0 unspecified atom stereocenters. The summed E-state index contributed by atoms with van der Waals surface area (Å²) in [4.78, 5) is 25.2. The number of aliphatic hydroxyl groups is 4. The van der Waals surface area contributed by atoms with E-state index in [0.717, 1.165) is 5.57 Å². The lowest BCUT2D eigenvalue weighted by Crippen LogP contribution is -2.76. The van der Waals surface area contributed by atoms with E-state index >= 15 is 0 Å². The number of hydrogen-bond acceptors (Lipinski definition) is 7. The molecule has 4 N–H and O–H groups in total. The third-order valence-corrected chi connectivity index (χ3v) is 9.26. The van der Waals surface area contributed by atoms with Gasteiger partial charge in [-0.05, 0) is 51.9 Å². The number of aliphatic hydroxyl groups excluding tert-OH is 2. The van der Waals surface area contributed by atoms with Crippen LogP contribution in [0.1, 0.15) is 66.2 Å². The molecule has 9 atom stereocenters. The minimum absolute atomic E-state index is 0.00461. The lowest BCUT2D eigenvalue weighted by Gasteiger charge is -2.66. The Bertz CT molecular complexity index is 805. The van der Waals surface area contributed by atoms with E-state index in [9.17, 15) is 30.0 Å². The van der Waals surface area contributed by atoms with E-state index in [4.69, 9.17) is 4.74 Å². The maximum Gasteiger partial charge on any atom is 0.302 e. The second-order valence-electron chi connectivity index (χ2n) is 10.5. The number of esters is 1. The van der Waals surface area contributed by atoms with Gasteiger partial charge in [-0.3, -0.25) is 9.59 Å². The number of rotatable bonds is 2. The lowest BCUT2D eigenvalue weighted by atomic mass is 9.42. The minimum atomic E-state index is -1.63. The van der Waals surface area contributed by atoms with Gasteiger partial charge in [0.2, 0.25) is 0 Å². The summed E-state index contributed by atoms with van der Waals surface area (Å²) < 4.78 is 5.73. The molecule has 0 aromatic heterocycles. The van der Waals surface area contributed by atoms with Crippen molar-refractivity contribution in [2.75, 3.05) is 0 Å². The smallest absolute Gasteiger partial charge is 0.302 e. The van der Waals surface area contributed by atoms with Gasteiger partial charge in [-0.25, -0.2) is 0 Å². The summed E-state index contributed by atoms with van der Waals surface area (Å²) in [6.45, 7) is 6.56. The van der Waals surface area contributed by atoms with Crippen LogP contribution in [0, 0.1) is 22.7 Å². The highest BCUT2D eigenvalue weighted by atomic mass is 16.5. The monoisotopic (exact) mass is 422 g/mol. The zero-order valence-corrected chi connectivity index (χ0v) is 18.2. The first-order valence-electron chi connectivity index (χ1n) is 11.0. The topological polar surface area (TPSA) is 124 Å². The van der Waals surface area contributed by atoms with Crippen LogP contribution in [0.4, 0.5) is 0 Å². The zero-order valence-electron chi connectivity index (χ0n) is 18.2. The molecule has 3 saturated carbocycles. The van der Waals surface area contributed by atoms with Crippen LogP contribution in [0.5, 0.6) is 0 Å². The maximum absolute atomic E-state index is 13.2. The molecular formula is C23H34O7. The van der Waals surface area contributed by atoms with Crippen LogP contribution in [-0.4, -0.2) is 61.7 Å². The van der Waals surface area contributed by atoms with Gasteiger partial charge in [-0.15, -0.1) is 0 Å². The molecule has 4 aliphatic carbocycles. The van der Waals surface area contributed by atoms with Crippen LogP contribution in [-0.2, 0) is 14.3 Å². The minimum Gasteiger partial charge on any atom is -0.462 e. The Kier molecular flexibility index (Phi) is 4.83. The SMILES string of the molecule is CC(=O)O[C@H]1C[C@@H]2[C@@]3(C)C(=O)C[C@@H](O)CC3=CC[C@]2(O)[C@]2(O)CC[C@H]([C@H](C)O)[C@]12C. The van der Waals surface area contributed by atoms with Gasteiger partial charge in [0.1, 0.15) is 23.1 Å². The molecular weight excluding hydrogens is 388 g/mol. The summed E-state index contributed by atoms with van der Waals surface area (Å²) in [6.07, 6.45) is 1.05. The summed E-state index contributed by atoms with van der Waals surface area (Å²) in [5.74, 6) is -1.67. The van der Waals surface area contributed by atoms with E-state index in [0.29, 0.717) is 12.8 Å². The molecule has 0 aromatic rings. The summed E-state index contributed by atoms with van der Waals surface area (Å²) >= 11 is 0. The Morgan fingerprint density at radius 2 is 1.93 bits per heavy atom. The molecule has 0 aliphatic heterocycles. The van der Waals surface area contributed by atoms with E-state index < -0.39 is 52.2 Å². The van der Waals surface area contributed by atoms with Gasteiger partial charge >= 0.3 is 5.97 Å². The molecule has 30 heavy (non-hydrogen) atoms. The number of ether oxygens (including phenoxy) is 1. The molecule has 0 bridgehead atoms. The Labute approximate surface area is 177 Å². The average molecular weight is 423 g/mol. The van der Waals surface area contributed by atoms with E-state index in [-0.39, 0.29) is 37.4 Å². The van der Waals surface area contributed by atoms with Crippen LogP contribution in [0.2, 0.25) is 0 Å². The van der Waals surface area contributed by atoms with Crippen LogP contribution < -0.4 is 0 Å². The zero-order chi connectivity index (χ0) is 22.3. The Hall–Kier alpha value is -1.28. The number of ketones is 1. The summed E-state index contributed by atoms with van der Waals surface area (Å²) in [7, 11) is 0. The number of carbonyl (C=O) groups is 2. The van der Waals surface area contributed by atoms with E-state index in [2.05, 4.69) is 0 Å². The number of fused-ring (bicyclic) bond motifs is 5. The first-order valence-corrected chi connectivity index (χ1v) is 11.0. The van der Waals surface area contributed by atoms with E-state index in [1.165, 1.54) is 6.92 Å². The highest BCUT2D eigenvalue weighted by Crippen LogP contribution is 2.69. The molecule has 7 nitrogen and oxygen atoms in total. The van der Waals surface area contributed by atoms with Crippen LogP contribution in [0.25, 0.3) is 0 Å². The maximum atomic E-state index is 13.2. The fourth-order valence-electron chi connectivity index (χ4n) is 7.64. The van der Waals surface area contributed by atoms with Gasteiger partial charge < -0.3 is 25.2 Å². The van der Waals surface area contributed by atoms with Gasteiger partial charge in [0.05, 0.1) is 17.6 Å². The van der Waals surface area contributed by atoms with Gasteiger partial charge in [0, 0.05) is 24.7 Å². The molecule has 0 radical (unpaired) electrons. The number of Topliss-reactive ketones (excluding diaryl/α,β-unsaturated/α-hetero) is 1. The molecule has 0 spiro atoms. The molecule has 7 heteroatoms. The Balaban J connectivity index is 1.90. The normalized spacial score (nSPS) is 51.3. The highest BCUT2D eigenvalue weighted by molar-refractivity contribution is 5.90. The van der Waals surface area contributed by atoms with Gasteiger partial charge in [0.25, 0.3) is 0 Å². The van der Waals surface area contributed by atoms with Crippen molar-refractivity contribution in [3.8, 4) is 0 Å². The molecule has 0 aromatic carbocycles. The standard InChI is InChI=1S/C23H34O7/c1-12(24)16-6-8-23(29)21(16,4)19(30-13(2)25)11-17-20(3)14(5-7-22(17,23)28)9-15(26)10-18(20)27/h5,12,15-17,19,24,26,28-29H,6-11H2,1-4H3/t12-,15-,16+,17+,19-,20-,21+,22+,23-/m0/s1. The molecule has 4 aliphatic rings. The number of carbonyl (C=O) groups excluding carboxylic acids is 2. The van der Waals surface area contributed by atoms with E-state index in [1.807, 2.05) is 6.08 Å². The second-order valence-corrected chi connectivity index (χ2v) is 10.5. The highest BCUT2D eigenvalue weighted by Gasteiger charge is 2.77. The van der Waals surface area contributed by atoms with Crippen LogP contribution in [0.3, 0.4) is 0 Å². The van der Waals surface area contributed by atoms with Crippen molar-refractivity contribution in [1.82, 2.24) is 0 Å². The van der Waals surface area contributed by atoms with Crippen molar-refractivity contribution in [1.29, 1.82) is 0 Å². The van der Waals surface area contributed by atoms with Gasteiger partial charge in [0.15, 0.2) is 0 Å². The van der Waals surface area contributed by atoms with E-state index in [1.54, 1.807) is 20.8 Å². The average Bonchev–Trinajstić information content (AvgIpc) is 2.92. The lowest BCUT2D eigenvalue weighted by molar-refractivity contribution is -0.301. The fourth-order valence-corrected chi connectivity index (χ4v) is 7.64. The predicted octanol–water partition coefficient (Wildman–Crippen LogP) is 1.26. The second kappa shape index (κ2) is 6.61. The van der Waals surface area contributed by atoms with Crippen molar-refractivity contribution < 1.29 is 34.8 Å². The Morgan fingerprint density at radius 1 is 1.27 bits per heavy atom. The molecule has 0 amide bonds. The predicted molar refractivity (Wildman–Crippen MR) is 107 cm³/mol. The first kappa shape index (κ1) is 21.9. The molecule has 0 heterocycles. The third-order valence-electron chi connectivity index (χ3n) is 9.26. The first-order chi connectivity index (χ1) is 13.8. The molecule has 0 saturated heterocycles. The fraction of sp³-hybridized carbons (Fsp3) is 0.826. The summed E-state index contributed by atoms with van der Waals surface area (Å²) in [5, 5.41) is 44.8. The quantitative estimate of drug-likeness (QED) is 0.390. The van der Waals surface area contributed by atoms with Gasteiger partial charge in [-0.1, -0.05) is 18.6 Å². The van der Waals surface area contributed by atoms with Crippen molar-refractivity contribution in [3.63, 3.8) is 0 Å². The van der Waals surface area contributed by atoms with Crippen molar-refractivity contribution in [2.45, 2.75) is 95.7 Å². The van der Waals surface area contributed by atoms with Crippen molar-refractivity contribution >= 4 is 11.8 Å².